The molecular weight excluding hydrogens is 356 g/mol. The second-order valence-electron chi connectivity index (χ2n) is 10.3. The molecule has 0 saturated heterocycles. The van der Waals surface area contributed by atoms with Crippen molar-refractivity contribution in [2.75, 3.05) is 0 Å². The van der Waals surface area contributed by atoms with Crippen LogP contribution in [-0.2, 0) is 15.6 Å². The summed E-state index contributed by atoms with van der Waals surface area (Å²) in [4.78, 5) is 10.9. The molecule has 2 aliphatic carbocycles. The van der Waals surface area contributed by atoms with Gasteiger partial charge in [0.2, 0.25) is 0 Å². The van der Waals surface area contributed by atoms with Crippen molar-refractivity contribution in [3.05, 3.63) is 63.8 Å². The first-order chi connectivity index (χ1) is 13.5. The normalized spacial score (nSPS) is 21.4. The zero-order valence-electron chi connectivity index (χ0n) is 19.0. The number of hydrogen-bond donors (Lipinski definition) is 1. The number of aliphatic carboxylic acids is 1. The number of aryl methyl sites for hydroxylation is 1. The second kappa shape index (κ2) is 7.97. The Morgan fingerprint density at radius 2 is 1.59 bits per heavy atom. The Hall–Kier alpha value is -2.09. The predicted octanol–water partition coefficient (Wildman–Crippen LogP) is 7.26. The van der Waals surface area contributed by atoms with Gasteiger partial charge in [-0.3, -0.25) is 0 Å². The fourth-order valence-corrected chi connectivity index (χ4v) is 4.94. The molecule has 0 atom stereocenters. The molecule has 0 saturated carbocycles. The third-order valence-electron chi connectivity index (χ3n) is 6.93. The first kappa shape index (κ1) is 21.6. The van der Waals surface area contributed by atoms with Crippen LogP contribution < -0.4 is 0 Å². The smallest absolute Gasteiger partial charge is 0.328 e. The number of carbonyl (C=O) groups is 1. The maximum Gasteiger partial charge on any atom is 0.328 e. The molecule has 0 heterocycles. The summed E-state index contributed by atoms with van der Waals surface area (Å²) in [5, 5.41) is 8.97. The summed E-state index contributed by atoms with van der Waals surface area (Å²) >= 11 is 0. The summed E-state index contributed by atoms with van der Waals surface area (Å²) in [5.41, 5.74) is 9.83. The first-order valence-corrected chi connectivity index (χ1v) is 11.0. The Balaban J connectivity index is 2.12. The van der Waals surface area contributed by atoms with Gasteiger partial charge in [-0.2, -0.15) is 0 Å². The molecule has 1 aromatic carbocycles. The molecule has 0 bridgehead atoms. The van der Waals surface area contributed by atoms with Gasteiger partial charge in [-0.15, -0.1) is 0 Å². The van der Waals surface area contributed by atoms with Gasteiger partial charge in [0.1, 0.15) is 0 Å². The number of hydrogen-bond acceptors (Lipinski definition) is 1. The molecule has 1 aromatic rings. The summed E-state index contributed by atoms with van der Waals surface area (Å²) in [7, 11) is 0. The van der Waals surface area contributed by atoms with Crippen LogP contribution in [0.4, 0.5) is 0 Å². The Morgan fingerprint density at radius 3 is 2.21 bits per heavy atom. The van der Waals surface area contributed by atoms with Gasteiger partial charge in [0.05, 0.1) is 0 Å². The van der Waals surface area contributed by atoms with E-state index in [1.165, 1.54) is 65.2 Å². The fourth-order valence-electron chi connectivity index (χ4n) is 4.94. The second-order valence-corrected chi connectivity index (χ2v) is 10.3. The lowest BCUT2D eigenvalue weighted by atomic mass is 9.62. The van der Waals surface area contributed by atoms with E-state index < -0.39 is 5.97 Å². The average molecular weight is 393 g/mol. The van der Waals surface area contributed by atoms with E-state index in [2.05, 4.69) is 52.8 Å². The van der Waals surface area contributed by atoms with Gasteiger partial charge in [-0.1, -0.05) is 52.0 Å². The molecular formula is C27H36O2. The van der Waals surface area contributed by atoms with E-state index in [-0.39, 0.29) is 10.8 Å². The number of rotatable bonds is 4. The molecule has 2 heteroatoms. The number of benzene rings is 1. The third-order valence-corrected chi connectivity index (χ3v) is 6.93. The van der Waals surface area contributed by atoms with Gasteiger partial charge in [0.25, 0.3) is 0 Å². The van der Waals surface area contributed by atoms with Crippen molar-refractivity contribution in [2.45, 2.75) is 90.9 Å². The minimum atomic E-state index is -0.889. The van der Waals surface area contributed by atoms with Crippen LogP contribution in [0.15, 0.2) is 41.5 Å². The fraction of sp³-hybridized carbons (Fsp3) is 0.519. The van der Waals surface area contributed by atoms with Crippen LogP contribution in [0.3, 0.4) is 0 Å². The monoisotopic (exact) mass is 392 g/mol. The molecule has 0 radical (unpaired) electrons. The van der Waals surface area contributed by atoms with Gasteiger partial charge in [0, 0.05) is 6.08 Å². The summed E-state index contributed by atoms with van der Waals surface area (Å²) < 4.78 is 0. The van der Waals surface area contributed by atoms with Crippen LogP contribution in [0.25, 0.3) is 5.57 Å². The van der Waals surface area contributed by atoms with Crippen LogP contribution in [0.2, 0.25) is 0 Å². The Kier molecular flexibility index (Phi) is 5.94. The van der Waals surface area contributed by atoms with E-state index in [1.807, 2.05) is 13.0 Å². The molecule has 29 heavy (non-hydrogen) atoms. The van der Waals surface area contributed by atoms with E-state index in [0.717, 1.165) is 18.4 Å². The van der Waals surface area contributed by atoms with Crippen LogP contribution in [0.1, 0.15) is 95.4 Å². The molecule has 2 aliphatic rings. The standard InChI is InChI=1S/C27H36O2/c1-18(15-25(28)29)11-12-20-9-7-8-10-21(20)22-17-24-23(16-19(22)2)26(3,4)13-14-27(24,5)6/h11-12,15-17H,7-10,13-14H2,1-6H3,(H,28,29)/b12-11+,18-15+. The van der Waals surface area contributed by atoms with Crippen molar-refractivity contribution >= 4 is 11.5 Å². The van der Waals surface area contributed by atoms with Crippen LogP contribution in [0, 0.1) is 6.92 Å². The third kappa shape index (κ3) is 4.57. The highest BCUT2D eigenvalue weighted by Crippen LogP contribution is 2.48. The number of allylic oxidation sites excluding steroid dienone is 5. The van der Waals surface area contributed by atoms with Crippen molar-refractivity contribution in [2.24, 2.45) is 0 Å². The largest absolute Gasteiger partial charge is 0.478 e. The molecule has 0 aromatic heterocycles. The molecule has 0 amide bonds. The van der Waals surface area contributed by atoms with Crippen molar-refractivity contribution in [1.82, 2.24) is 0 Å². The van der Waals surface area contributed by atoms with E-state index >= 15 is 0 Å². The summed E-state index contributed by atoms with van der Waals surface area (Å²) in [6.45, 7) is 13.6. The maximum absolute atomic E-state index is 10.9. The van der Waals surface area contributed by atoms with Crippen LogP contribution >= 0.6 is 0 Å². The van der Waals surface area contributed by atoms with E-state index in [0.29, 0.717) is 0 Å². The number of carboxylic acids is 1. The molecule has 2 nitrogen and oxygen atoms in total. The lowest BCUT2D eigenvalue weighted by Crippen LogP contribution is -2.34. The highest BCUT2D eigenvalue weighted by atomic mass is 16.4. The van der Waals surface area contributed by atoms with Crippen LogP contribution in [-0.4, -0.2) is 11.1 Å². The Morgan fingerprint density at radius 1 is 1.00 bits per heavy atom. The Bertz CT molecular complexity index is 907. The quantitative estimate of drug-likeness (QED) is 0.432. The lowest BCUT2D eigenvalue weighted by molar-refractivity contribution is -0.131. The first-order valence-electron chi connectivity index (χ1n) is 11.0. The van der Waals surface area contributed by atoms with E-state index in [1.54, 1.807) is 0 Å². The number of carboxylic acid groups (broad SMARTS) is 1. The summed E-state index contributed by atoms with van der Waals surface area (Å²) in [6, 6.07) is 4.93. The van der Waals surface area contributed by atoms with Crippen molar-refractivity contribution in [1.29, 1.82) is 0 Å². The molecule has 0 unspecified atom stereocenters. The number of fused-ring (bicyclic) bond motifs is 1. The molecule has 0 fully saturated rings. The van der Waals surface area contributed by atoms with Crippen LogP contribution in [0.5, 0.6) is 0 Å². The molecule has 0 spiro atoms. The molecule has 3 rings (SSSR count). The van der Waals surface area contributed by atoms with E-state index in [4.69, 9.17) is 5.11 Å². The topological polar surface area (TPSA) is 37.3 Å². The molecule has 0 aliphatic heterocycles. The van der Waals surface area contributed by atoms with Crippen molar-refractivity contribution < 1.29 is 9.90 Å². The minimum Gasteiger partial charge on any atom is -0.478 e. The van der Waals surface area contributed by atoms with Gasteiger partial charge < -0.3 is 5.11 Å². The van der Waals surface area contributed by atoms with Crippen molar-refractivity contribution in [3.63, 3.8) is 0 Å². The van der Waals surface area contributed by atoms with Gasteiger partial charge in [0.15, 0.2) is 0 Å². The maximum atomic E-state index is 10.9. The van der Waals surface area contributed by atoms with Gasteiger partial charge >= 0.3 is 5.97 Å². The molecule has 156 valence electrons. The highest BCUT2D eigenvalue weighted by Gasteiger charge is 2.37. The van der Waals surface area contributed by atoms with Gasteiger partial charge in [-0.25, -0.2) is 4.79 Å². The predicted molar refractivity (Wildman–Crippen MR) is 122 cm³/mol. The average Bonchev–Trinajstić information content (AvgIpc) is 2.63. The summed E-state index contributed by atoms with van der Waals surface area (Å²) in [5.74, 6) is -0.889. The summed E-state index contributed by atoms with van der Waals surface area (Å²) in [6.07, 6.45) is 12.4. The lowest BCUT2D eigenvalue weighted by Gasteiger charge is -2.42. The van der Waals surface area contributed by atoms with Crippen molar-refractivity contribution in [3.8, 4) is 0 Å². The minimum absolute atomic E-state index is 0.208. The Labute approximate surface area is 176 Å². The zero-order chi connectivity index (χ0) is 21.4. The van der Waals surface area contributed by atoms with E-state index in [9.17, 15) is 4.79 Å². The zero-order valence-corrected chi connectivity index (χ0v) is 19.0. The highest BCUT2D eigenvalue weighted by molar-refractivity contribution is 5.81. The van der Waals surface area contributed by atoms with Gasteiger partial charge in [-0.05, 0) is 102 Å². The SMILES string of the molecule is CC(/C=C/C1=C(c2cc3c(cc2C)C(C)(C)CCC3(C)C)CCCC1)=C\C(=O)O. The molecule has 1 N–H and O–H groups in total.